The van der Waals surface area contributed by atoms with Crippen molar-refractivity contribution >= 4 is 33.8 Å². The molecule has 0 atom stereocenters. The first-order valence-corrected chi connectivity index (χ1v) is 10.1. The van der Waals surface area contributed by atoms with E-state index in [1.165, 1.54) is 6.08 Å². The molecule has 0 unspecified atom stereocenters. The van der Waals surface area contributed by atoms with Crippen molar-refractivity contribution in [2.45, 2.75) is 25.3 Å². The highest BCUT2D eigenvalue weighted by Crippen LogP contribution is 2.19. The van der Waals surface area contributed by atoms with Gasteiger partial charge in [0.05, 0.1) is 0 Å². The fraction of sp³-hybridized carbons (Fsp3) is 0.273. The van der Waals surface area contributed by atoms with Crippen molar-refractivity contribution in [3.63, 3.8) is 0 Å². The van der Waals surface area contributed by atoms with E-state index in [9.17, 15) is 9.59 Å². The van der Waals surface area contributed by atoms with E-state index < -0.39 is 0 Å². The van der Waals surface area contributed by atoms with E-state index in [0.29, 0.717) is 18.3 Å². The van der Waals surface area contributed by atoms with Crippen LogP contribution in [0.4, 0.5) is 0 Å². The number of amides is 2. The van der Waals surface area contributed by atoms with Gasteiger partial charge in [-0.1, -0.05) is 46.3 Å². The van der Waals surface area contributed by atoms with Crippen LogP contribution in [0.5, 0.6) is 5.75 Å². The van der Waals surface area contributed by atoms with Crippen molar-refractivity contribution < 1.29 is 14.3 Å². The fourth-order valence-electron chi connectivity index (χ4n) is 2.56. The third-order valence-corrected chi connectivity index (χ3v) is 4.99. The van der Waals surface area contributed by atoms with E-state index in [1.54, 1.807) is 6.08 Å². The van der Waals surface area contributed by atoms with Crippen LogP contribution < -0.4 is 15.4 Å². The largest absolute Gasteiger partial charge is 0.484 e. The molecule has 0 heterocycles. The van der Waals surface area contributed by atoms with E-state index >= 15 is 0 Å². The lowest BCUT2D eigenvalue weighted by molar-refractivity contribution is -0.123. The molecule has 146 valence electrons. The predicted octanol–water partition coefficient (Wildman–Crippen LogP) is 3.48. The second-order valence-electron chi connectivity index (χ2n) is 6.67. The monoisotopic (exact) mass is 442 g/mol. The molecule has 1 aliphatic carbocycles. The molecule has 6 heteroatoms. The summed E-state index contributed by atoms with van der Waals surface area (Å²) in [5.74, 6) is 0.456. The van der Waals surface area contributed by atoms with Crippen molar-refractivity contribution in [3.05, 3.63) is 70.2 Å². The van der Waals surface area contributed by atoms with Crippen LogP contribution in [0.15, 0.2) is 59.1 Å². The minimum Gasteiger partial charge on any atom is -0.484 e. The van der Waals surface area contributed by atoms with Gasteiger partial charge in [-0.2, -0.15) is 0 Å². The smallest absolute Gasteiger partial charge is 0.258 e. The number of benzene rings is 2. The minimum absolute atomic E-state index is 0.0375. The number of hydrogen-bond acceptors (Lipinski definition) is 3. The molecular weight excluding hydrogens is 420 g/mol. The Morgan fingerprint density at radius 1 is 1.11 bits per heavy atom. The highest BCUT2D eigenvalue weighted by molar-refractivity contribution is 9.10. The lowest BCUT2D eigenvalue weighted by Crippen LogP contribution is -2.30. The molecule has 2 amide bonds. The highest BCUT2D eigenvalue weighted by Gasteiger charge is 2.23. The molecule has 1 saturated carbocycles. The van der Waals surface area contributed by atoms with Crippen LogP contribution in [0.1, 0.15) is 24.0 Å². The van der Waals surface area contributed by atoms with Gasteiger partial charge in [-0.15, -0.1) is 0 Å². The highest BCUT2D eigenvalue weighted by atomic mass is 79.9. The quantitative estimate of drug-likeness (QED) is 0.584. The lowest BCUT2D eigenvalue weighted by Gasteiger charge is -2.08. The second-order valence-corrected chi connectivity index (χ2v) is 7.52. The summed E-state index contributed by atoms with van der Waals surface area (Å²) < 4.78 is 6.43. The van der Waals surface area contributed by atoms with Crippen LogP contribution in [0.3, 0.4) is 0 Å². The maximum Gasteiger partial charge on any atom is 0.258 e. The van der Waals surface area contributed by atoms with E-state index in [-0.39, 0.29) is 18.4 Å². The number of nitrogens with one attached hydrogen (secondary N) is 2. The van der Waals surface area contributed by atoms with Crippen molar-refractivity contribution in [3.8, 4) is 5.75 Å². The van der Waals surface area contributed by atoms with Crippen molar-refractivity contribution in [1.82, 2.24) is 10.6 Å². The van der Waals surface area contributed by atoms with E-state index in [0.717, 1.165) is 34.9 Å². The second kappa shape index (κ2) is 10.1. The van der Waals surface area contributed by atoms with E-state index in [1.807, 2.05) is 48.5 Å². The normalized spacial score (nSPS) is 13.3. The van der Waals surface area contributed by atoms with Gasteiger partial charge in [-0.05, 0) is 54.7 Å². The van der Waals surface area contributed by atoms with Crippen LogP contribution in [0.2, 0.25) is 0 Å². The Labute approximate surface area is 173 Å². The number of ether oxygens (including phenoxy) is 1. The zero-order valence-electron chi connectivity index (χ0n) is 15.5. The summed E-state index contributed by atoms with van der Waals surface area (Å²) in [5.41, 5.74) is 2.05. The third kappa shape index (κ3) is 6.85. The lowest BCUT2D eigenvalue weighted by atomic mass is 10.1. The summed E-state index contributed by atoms with van der Waals surface area (Å²) in [6, 6.07) is 15.6. The maximum atomic E-state index is 11.9. The Kier molecular flexibility index (Phi) is 7.25. The van der Waals surface area contributed by atoms with E-state index in [4.69, 9.17) is 4.74 Å². The summed E-state index contributed by atoms with van der Waals surface area (Å²) in [6.07, 6.45) is 6.17. The van der Waals surface area contributed by atoms with Gasteiger partial charge >= 0.3 is 0 Å². The molecule has 0 aromatic heterocycles. The molecule has 3 rings (SSSR count). The summed E-state index contributed by atoms with van der Waals surface area (Å²) in [6.45, 7) is 0.582. The first kappa shape index (κ1) is 20.1. The maximum absolute atomic E-state index is 11.9. The summed E-state index contributed by atoms with van der Waals surface area (Å²) in [7, 11) is 0. The fourth-order valence-corrected chi connectivity index (χ4v) is 2.98. The molecule has 0 aliphatic heterocycles. The number of rotatable bonds is 9. The molecule has 2 N–H and O–H groups in total. The molecule has 1 fully saturated rings. The molecule has 0 saturated heterocycles. The molecule has 2 aromatic carbocycles. The molecule has 1 aliphatic rings. The zero-order chi connectivity index (χ0) is 19.8. The van der Waals surface area contributed by atoms with Crippen LogP contribution in [0, 0.1) is 0 Å². The van der Waals surface area contributed by atoms with Gasteiger partial charge in [0, 0.05) is 23.1 Å². The molecule has 5 nitrogen and oxygen atoms in total. The van der Waals surface area contributed by atoms with Gasteiger partial charge in [-0.3, -0.25) is 9.59 Å². The Morgan fingerprint density at radius 3 is 2.57 bits per heavy atom. The Bertz CT molecular complexity index is 845. The van der Waals surface area contributed by atoms with Gasteiger partial charge in [-0.25, -0.2) is 0 Å². The number of hydrogen-bond donors (Lipinski definition) is 2. The van der Waals surface area contributed by atoms with E-state index in [2.05, 4.69) is 26.6 Å². The zero-order valence-corrected chi connectivity index (χ0v) is 17.1. The Morgan fingerprint density at radius 2 is 1.86 bits per heavy atom. The first-order valence-electron chi connectivity index (χ1n) is 9.32. The average molecular weight is 443 g/mol. The van der Waals surface area contributed by atoms with Crippen LogP contribution >= 0.6 is 15.9 Å². The van der Waals surface area contributed by atoms with Crippen molar-refractivity contribution in [2.24, 2.45) is 0 Å². The number of carbonyl (C=O) groups excluding carboxylic acids is 2. The molecule has 28 heavy (non-hydrogen) atoms. The van der Waals surface area contributed by atoms with Gasteiger partial charge in [0.15, 0.2) is 6.61 Å². The summed E-state index contributed by atoms with van der Waals surface area (Å²) >= 11 is 3.45. The van der Waals surface area contributed by atoms with Gasteiger partial charge in [0.2, 0.25) is 5.91 Å². The predicted molar refractivity (Wildman–Crippen MR) is 113 cm³/mol. The number of halogens is 1. The van der Waals surface area contributed by atoms with Gasteiger partial charge in [0.1, 0.15) is 5.75 Å². The molecule has 0 bridgehead atoms. The molecule has 0 radical (unpaired) electrons. The average Bonchev–Trinajstić information content (AvgIpc) is 3.51. The van der Waals surface area contributed by atoms with Crippen LogP contribution in [-0.4, -0.2) is 31.0 Å². The van der Waals surface area contributed by atoms with Gasteiger partial charge < -0.3 is 15.4 Å². The van der Waals surface area contributed by atoms with Crippen LogP contribution in [0.25, 0.3) is 6.08 Å². The topological polar surface area (TPSA) is 67.4 Å². The van der Waals surface area contributed by atoms with Crippen molar-refractivity contribution in [2.75, 3.05) is 13.2 Å². The summed E-state index contributed by atoms with van der Waals surface area (Å²) in [4.78, 5) is 23.5. The molecule has 2 aromatic rings. The summed E-state index contributed by atoms with van der Waals surface area (Å²) in [5, 5.41) is 5.76. The Balaban J connectivity index is 1.36. The first-order chi connectivity index (χ1) is 13.6. The standard InChI is InChI=1S/C22H23BrN2O3/c23-20-4-2-1-3-17(20)7-12-21(26)24-14-13-16-5-10-19(11-6-16)28-15-22(27)25-18-8-9-18/h1-7,10-12,18H,8-9,13-15H2,(H,24,26)(H,25,27)/b12-7+. The minimum atomic E-state index is -0.127. The number of carbonyl (C=O) groups is 2. The third-order valence-electron chi connectivity index (χ3n) is 4.27. The molecule has 0 spiro atoms. The SMILES string of the molecule is O=C(/C=C/c1ccccc1Br)NCCc1ccc(OCC(=O)NC2CC2)cc1. The van der Waals surface area contributed by atoms with Crippen molar-refractivity contribution in [1.29, 1.82) is 0 Å². The Hall–Kier alpha value is -2.60. The molecular formula is C22H23BrN2O3. The van der Waals surface area contributed by atoms with Crippen LogP contribution in [-0.2, 0) is 16.0 Å². The van der Waals surface area contributed by atoms with Gasteiger partial charge in [0.25, 0.3) is 5.91 Å².